The molecular weight excluding hydrogens is 476 g/mol. The smallest absolute Gasteiger partial charge is 0.243 e. The molecule has 4 nitrogen and oxygen atoms in total. The number of nitrogens with zero attached hydrogens (tertiary/aromatic N) is 1. The summed E-state index contributed by atoms with van der Waals surface area (Å²) in [5, 5.41) is 3.72. The van der Waals surface area contributed by atoms with E-state index in [1.165, 1.54) is 0 Å². The van der Waals surface area contributed by atoms with E-state index in [1.54, 1.807) is 16.7 Å². The lowest BCUT2D eigenvalue weighted by Crippen LogP contribution is -2.51. The van der Waals surface area contributed by atoms with Crippen molar-refractivity contribution in [3.63, 3.8) is 0 Å². The Kier molecular flexibility index (Phi) is 10.2. The molecule has 35 heavy (non-hydrogen) atoms. The third-order valence-corrected chi connectivity index (χ3v) is 6.80. The Hall–Kier alpha value is -2.76. The Morgan fingerprint density at radius 3 is 2.29 bits per heavy atom. The van der Waals surface area contributed by atoms with Crippen LogP contribution in [0.2, 0.25) is 5.02 Å². The maximum Gasteiger partial charge on any atom is 0.243 e. The number of carbonyl (C=O) groups excluding carboxylic acids is 2. The highest BCUT2D eigenvalue weighted by Crippen LogP contribution is 2.23. The number of benzene rings is 3. The standard InChI is InChI=1S/C29H33ClN2O2S/c1-21(2)31-29(34)27(19-23-9-5-4-6-10-23)32(20-24-11-7-8-22(3)18-24)28(33)16-17-35-26-14-12-25(30)13-15-26/h4-15,18,21,27H,16-17,19-20H2,1-3H3,(H,31,34)/t27-/m1/s1. The molecule has 0 aliphatic carbocycles. The molecule has 0 heterocycles. The summed E-state index contributed by atoms with van der Waals surface area (Å²) in [7, 11) is 0. The quantitative estimate of drug-likeness (QED) is 0.309. The molecular formula is C29H33ClN2O2S. The van der Waals surface area contributed by atoms with E-state index in [0.29, 0.717) is 30.2 Å². The highest BCUT2D eigenvalue weighted by molar-refractivity contribution is 7.99. The number of rotatable bonds is 11. The van der Waals surface area contributed by atoms with Gasteiger partial charge >= 0.3 is 0 Å². The van der Waals surface area contributed by atoms with Gasteiger partial charge in [-0.15, -0.1) is 11.8 Å². The molecule has 0 spiro atoms. The van der Waals surface area contributed by atoms with Crippen LogP contribution in [-0.2, 0) is 22.6 Å². The summed E-state index contributed by atoms with van der Waals surface area (Å²) < 4.78 is 0. The zero-order valence-electron chi connectivity index (χ0n) is 20.5. The van der Waals surface area contributed by atoms with Gasteiger partial charge in [-0.3, -0.25) is 9.59 Å². The van der Waals surface area contributed by atoms with Crippen molar-refractivity contribution in [1.82, 2.24) is 10.2 Å². The van der Waals surface area contributed by atoms with Crippen molar-refractivity contribution in [3.05, 3.63) is 101 Å². The predicted octanol–water partition coefficient (Wildman–Crippen LogP) is 6.30. The van der Waals surface area contributed by atoms with Crippen molar-refractivity contribution in [2.75, 3.05) is 5.75 Å². The Morgan fingerprint density at radius 2 is 1.63 bits per heavy atom. The summed E-state index contributed by atoms with van der Waals surface area (Å²) in [6, 6.07) is 25.0. The fraction of sp³-hybridized carbons (Fsp3) is 0.310. The number of aryl methyl sites for hydroxylation is 1. The van der Waals surface area contributed by atoms with Crippen molar-refractivity contribution in [2.45, 2.75) is 57.1 Å². The Labute approximate surface area is 218 Å². The number of amides is 2. The zero-order valence-corrected chi connectivity index (χ0v) is 22.1. The molecule has 0 bridgehead atoms. The molecule has 0 aliphatic rings. The molecule has 3 rings (SSSR count). The van der Waals surface area contributed by atoms with Crippen LogP contribution in [0, 0.1) is 6.92 Å². The fourth-order valence-electron chi connectivity index (χ4n) is 3.87. The summed E-state index contributed by atoms with van der Waals surface area (Å²) in [6.45, 7) is 6.29. The second kappa shape index (κ2) is 13.4. The summed E-state index contributed by atoms with van der Waals surface area (Å²) in [5.74, 6) is 0.456. The van der Waals surface area contributed by atoms with Crippen LogP contribution in [-0.4, -0.2) is 34.6 Å². The number of nitrogens with one attached hydrogen (secondary N) is 1. The number of hydrogen-bond donors (Lipinski definition) is 1. The van der Waals surface area contributed by atoms with Crippen LogP contribution in [0.4, 0.5) is 0 Å². The minimum Gasteiger partial charge on any atom is -0.352 e. The Balaban J connectivity index is 1.84. The lowest BCUT2D eigenvalue weighted by molar-refractivity contribution is -0.141. The molecule has 3 aromatic carbocycles. The molecule has 2 amide bonds. The first-order chi connectivity index (χ1) is 16.8. The fourth-order valence-corrected chi connectivity index (χ4v) is 4.84. The van der Waals surface area contributed by atoms with E-state index in [1.807, 2.05) is 93.6 Å². The van der Waals surface area contributed by atoms with Crippen LogP contribution in [0.25, 0.3) is 0 Å². The SMILES string of the molecule is Cc1cccc(CN(C(=O)CCSc2ccc(Cl)cc2)[C@H](Cc2ccccc2)C(=O)NC(C)C)c1. The summed E-state index contributed by atoms with van der Waals surface area (Å²) in [5.41, 5.74) is 3.16. The third-order valence-electron chi connectivity index (χ3n) is 5.54. The second-order valence-corrected chi connectivity index (χ2v) is 10.5. The predicted molar refractivity (Wildman–Crippen MR) is 146 cm³/mol. The van der Waals surface area contributed by atoms with Gasteiger partial charge in [0.2, 0.25) is 11.8 Å². The van der Waals surface area contributed by atoms with Gasteiger partial charge in [-0.25, -0.2) is 0 Å². The van der Waals surface area contributed by atoms with Crippen molar-refractivity contribution in [1.29, 1.82) is 0 Å². The first-order valence-electron chi connectivity index (χ1n) is 11.9. The van der Waals surface area contributed by atoms with Gasteiger partial charge in [0.05, 0.1) is 0 Å². The molecule has 1 atom stereocenters. The van der Waals surface area contributed by atoms with Gasteiger partial charge < -0.3 is 10.2 Å². The minimum atomic E-state index is -0.603. The van der Waals surface area contributed by atoms with Crippen molar-refractivity contribution in [2.24, 2.45) is 0 Å². The van der Waals surface area contributed by atoms with Gasteiger partial charge in [0.25, 0.3) is 0 Å². The van der Waals surface area contributed by atoms with Gasteiger partial charge in [0, 0.05) is 41.1 Å². The molecule has 0 aliphatic heterocycles. The summed E-state index contributed by atoms with van der Waals surface area (Å²) in [4.78, 5) is 29.8. The second-order valence-electron chi connectivity index (χ2n) is 8.93. The molecule has 0 radical (unpaired) electrons. The summed E-state index contributed by atoms with van der Waals surface area (Å²) >= 11 is 7.60. The number of carbonyl (C=O) groups is 2. The average Bonchev–Trinajstić information content (AvgIpc) is 2.82. The van der Waals surface area contributed by atoms with E-state index in [2.05, 4.69) is 11.4 Å². The van der Waals surface area contributed by atoms with Crippen LogP contribution in [0.15, 0.2) is 83.8 Å². The van der Waals surface area contributed by atoms with E-state index in [4.69, 9.17) is 11.6 Å². The third kappa shape index (κ3) is 8.75. The largest absolute Gasteiger partial charge is 0.352 e. The van der Waals surface area contributed by atoms with Crippen LogP contribution in [0.5, 0.6) is 0 Å². The van der Waals surface area contributed by atoms with Crippen LogP contribution < -0.4 is 5.32 Å². The van der Waals surface area contributed by atoms with Gasteiger partial charge in [0.1, 0.15) is 6.04 Å². The highest BCUT2D eigenvalue weighted by Gasteiger charge is 2.30. The molecule has 0 unspecified atom stereocenters. The van der Waals surface area contributed by atoms with Gasteiger partial charge in [-0.05, 0) is 56.2 Å². The first-order valence-corrected chi connectivity index (χ1v) is 13.3. The molecule has 184 valence electrons. The lowest BCUT2D eigenvalue weighted by atomic mass is 10.0. The normalized spacial score (nSPS) is 11.8. The minimum absolute atomic E-state index is 0.0165. The van der Waals surface area contributed by atoms with Crippen molar-refractivity contribution < 1.29 is 9.59 Å². The lowest BCUT2D eigenvalue weighted by Gasteiger charge is -2.32. The monoisotopic (exact) mass is 508 g/mol. The maximum atomic E-state index is 13.6. The van der Waals surface area contributed by atoms with Crippen molar-refractivity contribution >= 4 is 35.2 Å². The first kappa shape index (κ1) is 26.8. The molecule has 0 fully saturated rings. The van der Waals surface area contributed by atoms with E-state index < -0.39 is 6.04 Å². The number of halogens is 1. The van der Waals surface area contributed by atoms with Crippen LogP contribution >= 0.6 is 23.4 Å². The van der Waals surface area contributed by atoms with E-state index >= 15 is 0 Å². The molecule has 6 heteroatoms. The van der Waals surface area contributed by atoms with Gasteiger partial charge in [-0.2, -0.15) is 0 Å². The molecule has 1 N–H and O–H groups in total. The van der Waals surface area contributed by atoms with Gasteiger partial charge in [-0.1, -0.05) is 71.8 Å². The van der Waals surface area contributed by atoms with Crippen LogP contribution in [0.3, 0.4) is 0 Å². The van der Waals surface area contributed by atoms with E-state index in [-0.39, 0.29) is 17.9 Å². The Bertz CT molecular complexity index is 1100. The average molecular weight is 509 g/mol. The number of thioether (sulfide) groups is 1. The maximum absolute atomic E-state index is 13.6. The van der Waals surface area contributed by atoms with Crippen LogP contribution in [0.1, 0.15) is 37.0 Å². The topological polar surface area (TPSA) is 49.4 Å². The van der Waals surface area contributed by atoms with E-state index in [0.717, 1.165) is 21.6 Å². The molecule has 3 aromatic rings. The molecule has 0 saturated heterocycles. The number of hydrogen-bond acceptors (Lipinski definition) is 3. The summed E-state index contributed by atoms with van der Waals surface area (Å²) in [6.07, 6.45) is 0.792. The van der Waals surface area contributed by atoms with E-state index in [9.17, 15) is 9.59 Å². The Morgan fingerprint density at radius 1 is 0.943 bits per heavy atom. The zero-order chi connectivity index (χ0) is 25.2. The van der Waals surface area contributed by atoms with Crippen molar-refractivity contribution in [3.8, 4) is 0 Å². The molecule has 0 saturated carbocycles. The highest BCUT2D eigenvalue weighted by atomic mass is 35.5. The van der Waals surface area contributed by atoms with Gasteiger partial charge in [0.15, 0.2) is 0 Å². The molecule has 0 aromatic heterocycles.